The van der Waals surface area contributed by atoms with Gasteiger partial charge in [0.15, 0.2) is 5.82 Å². The Balaban J connectivity index is 1.67. The molecule has 3 fully saturated rings. The summed E-state index contributed by atoms with van der Waals surface area (Å²) >= 11 is 5.83. The van der Waals surface area contributed by atoms with Crippen molar-refractivity contribution in [2.45, 2.75) is 31.2 Å². The van der Waals surface area contributed by atoms with Gasteiger partial charge in [0.2, 0.25) is 0 Å². The lowest BCUT2D eigenvalue weighted by atomic mass is 10.0. The van der Waals surface area contributed by atoms with Crippen LogP contribution >= 0.6 is 11.6 Å². The molecule has 15 heavy (non-hydrogen) atoms. The molecule has 0 spiro atoms. The van der Waals surface area contributed by atoms with E-state index >= 15 is 0 Å². The summed E-state index contributed by atoms with van der Waals surface area (Å²) in [6, 6.07) is 0.583. The van der Waals surface area contributed by atoms with Crippen molar-refractivity contribution in [1.29, 1.82) is 0 Å². The van der Waals surface area contributed by atoms with Gasteiger partial charge in [-0.3, -0.25) is 0 Å². The molecule has 4 rings (SSSR count). The molecule has 4 nitrogen and oxygen atoms in total. The second-order valence-corrected chi connectivity index (χ2v) is 5.42. The van der Waals surface area contributed by atoms with E-state index in [9.17, 15) is 0 Å². The molecule has 1 heterocycles. The number of nitrogens with zero attached hydrogens (tertiary/aromatic N) is 4. The SMILES string of the molecule is ClCc1nnnn1C1C2C3CCC(C3)C21. The van der Waals surface area contributed by atoms with Crippen LogP contribution in [0.1, 0.15) is 31.1 Å². The van der Waals surface area contributed by atoms with Gasteiger partial charge in [-0.2, -0.15) is 0 Å². The lowest BCUT2D eigenvalue weighted by molar-refractivity contribution is 0.419. The van der Waals surface area contributed by atoms with E-state index in [1.807, 2.05) is 4.68 Å². The first-order valence-corrected chi connectivity index (χ1v) is 6.26. The molecule has 80 valence electrons. The fourth-order valence-electron chi connectivity index (χ4n) is 4.14. The van der Waals surface area contributed by atoms with E-state index in [0.29, 0.717) is 11.9 Å². The summed E-state index contributed by atoms with van der Waals surface area (Å²) in [5, 5.41) is 11.8. The number of halogens is 1. The van der Waals surface area contributed by atoms with Gasteiger partial charge in [0, 0.05) is 0 Å². The molecule has 3 aliphatic rings. The molecule has 0 aliphatic heterocycles. The first-order valence-electron chi connectivity index (χ1n) is 5.73. The maximum absolute atomic E-state index is 5.83. The Hall–Kier alpha value is -0.640. The van der Waals surface area contributed by atoms with Crippen molar-refractivity contribution >= 4 is 11.6 Å². The molecule has 0 aromatic carbocycles. The number of hydrogen-bond donors (Lipinski definition) is 0. The molecular weight excluding hydrogens is 212 g/mol. The van der Waals surface area contributed by atoms with E-state index in [-0.39, 0.29) is 0 Å². The number of fused-ring (bicyclic) bond motifs is 5. The van der Waals surface area contributed by atoms with Crippen LogP contribution in [0.3, 0.4) is 0 Å². The fraction of sp³-hybridized carbons (Fsp3) is 0.900. The Morgan fingerprint density at radius 3 is 2.67 bits per heavy atom. The van der Waals surface area contributed by atoms with Crippen molar-refractivity contribution in [2.24, 2.45) is 23.7 Å². The van der Waals surface area contributed by atoms with E-state index < -0.39 is 0 Å². The number of hydrogen-bond acceptors (Lipinski definition) is 3. The van der Waals surface area contributed by atoms with Gasteiger partial charge in [0.05, 0.1) is 11.9 Å². The summed E-state index contributed by atoms with van der Waals surface area (Å²) in [4.78, 5) is 0. The highest BCUT2D eigenvalue weighted by molar-refractivity contribution is 6.16. The van der Waals surface area contributed by atoms with Crippen LogP contribution in [0.4, 0.5) is 0 Å². The molecule has 2 bridgehead atoms. The topological polar surface area (TPSA) is 43.6 Å². The zero-order valence-corrected chi connectivity index (χ0v) is 9.14. The highest BCUT2D eigenvalue weighted by atomic mass is 35.5. The van der Waals surface area contributed by atoms with Crippen molar-refractivity contribution in [3.63, 3.8) is 0 Å². The van der Waals surface area contributed by atoms with Gasteiger partial charge in [-0.25, -0.2) is 4.68 Å². The fourth-order valence-corrected chi connectivity index (χ4v) is 4.31. The summed E-state index contributed by atoms with van der Waals surface area (Å²) < 4.78 is 1.99. The van der Waals surface area contributed by atoms with Crippen LogP contribution in [0.2, 0.25) is 0 Å². The Morgan fingerprint density at radius 1 is 1.27 bits per heavy atom. The summed E-state index contributed by atoms with van der Waals surface area (Å²) in [6.45, 7) is 0. The van der Waals surface area contributed by atoms with Gasteiger partial charge in [-0.1, -0.05) is 0 Å². The van der Waals surface area contributed by atoms with E-state index in [1.54, 1.807) is 0 Å². The van der Waals surface area contributed by atoms with Gasteiger partial charge in [-0.05, 0) is 53.4 Å². The number of alkyl halides is 1. The van der Waals surface area contributed by atoms with Crippen molar-refractivity contribution < 1.29 is 0 Å². The largest absolute Gasteiger partial charge is 0.225 e. The summed E-state index contributed by atoms with van der Waals surface area (Å²) in [6.07, 6.45) is 4.32. The third-order valence-electron chi connectivity index (χ3n) is 4.66. The van der Waals surface area contributed by atoms with Crippen LogP contribution in [0.5, 0.6) is 0 Å². The lowest BCUT2D eigenvalue weighted by Crippen LogP contribution is -2.09. The van der Waals surface area contributed by atoms with E-state index in [2.05, 4.69) is 15.5 Å². The van der Waals surface area contributed by atoms with Gasteiger partial charge in [0.25, 0.3) is 0 Å². The second-order valence-electron chi connectivity index (χ2n) is 5.15. The van der Waals surface area contributed by atoms with Gasteiger partial charge < -0.3 is 0 Å². The molecule has 3 saturated carbocycles. The molecule has 1 aromatic heterocycles. The normalized spacial score (nSPS) is 45.8. The van der Waals surface area contributed by atoms with Gasteiger partial charge >= 0.3 is 0 Å². The molecule has 0 amide bonds. The van der Waals surface area contributed by atoms with Gasteiger partial charge in [-0.15, -0.1) is 16.7 Å². The molecule has 3 aliphatic carbocycles. The maximum atomic E-state index is 5.83. The average molecular weight is 225 g/mol. The van der Waals surface area contributed by atoms with E-state index in [4.69, 9.17) is 11.6 Å². The minimum absolute atomic E-state index is 0.429. The van der Waals surface area contributed by atoms with Gasteiger partial charge in [0.1, 0.15) is 0 Å². The van der Waals surface area contributed by atoms with E-state index in [1.165, 1.54) is 19.3 Å². The average Bonchev–Trinajstić information content (AvgIpc) is 2.72. The Morgan fingerprint density at radius 2 is 2.00 bits per heavy atom. The minimum atomic E-state index is 0.429. The van der Waals surface area contributed by atoms with Crippen LogP contribution < -0.4 is 0 Å². The zero-order chi connectivity index (χ0) is 9.99. The number of aromatic nitrogens is 4. The van der Waals surface area contributed by atoms with Crippen LogP contribution in [0.25, 0.3) is 0 Å². The predicted molar refractivity (Wildman–Crippen MR) is 54.2 cm³/mol. The lowest BCUT2D eigenvalue weighted by Gasteiger charge is -2.08. The Labute approximate surface area is 93.0 Å². The molecule has 0 radical (unpaired) electrons. The number of rotatable bonds is 2. The van der Waals surface area contributed by atoms with Crippen molar-refractivity contribution in [3.05, 3.63) is 5.82 Å². The first-order chi connectivity index (χ1) is 7.40. The first kappa shape index (κ1) is 8.50. The highest BCUT2D eigenvalue weighted by Gasteiger charge is 2.66. The Bertz CT molecular complexity index is 388. The molecule has 1 aromatic rings. The van der Waals surface area contributed by atoms with Crippen LogP contribution in [0, 0.1) is 23.7 Å². The van der Waals surface area contributed by atoms with Crippen LogP contribution in [-0.2, 0) is 5.88 Å². The van der Waals surface area contributed by atoms with E-state index in [0.717, 1.165) is 29.5 Å². The third-order valence-corrected chi connectivity index (χ3v) is 4.90. The summed E-state index contributed by atoms with van der Waals surface area (Å²) in [5.74, 6) is 4.92. The van der Waals surface area contributed by atoms with Crippen LogP contribution in [-0.4, -0.2) is 20.2 Å². The third kappa shape index (κ3) is 0.961. The summed E-state index contributed by atoms with van der Waals surface area (Å²) in [5.41, 5.74) is 0. The highest BCUT2D eigenvalue weighted by Crippen LogP contribution is 2.71. The molecule has 0 N–H and O–H groups in total. The van der Waals surface area contributed by atoms with Crippen molar-refractivity contribution in [1.82, 2.24) is 20.2 Å². The number of tetrazole rings is 1. The minimum Gasteiger partial charge on any atom is -0.225 e. The second kappa shape index (κ2) is 2.73. The van der Waals surface area contributed by atoms with Crippen molar-refractivity contribution in [3.8, 4) is 0 Å². The smallest absolute Gasteiger partial charge is 0.166 e. The summed E-state index contributed by atoms with van der Waals surface area (Å²) in [7, 11) is 0. The molecular formula is C10H13ClN4. The predicted octanol–water partition coefficient (Wildman–Crippen LogP) is 1.63. The monoisotopic (exact) mass is 224 g/mol. The molecule has 4 unspecified atom stereocenters. The Kier molecular flexibility index (Phi) is 1.55. The van der Waals surface area contributed by atoms with Crippen LogP contribution in [0.15, 0.2) is 0 Å². The molecule has 5 heteroatoms. The van der Waals surface area contributed by atoms with Crippen molar-refractivity contribution in [2.75, 3.05) is 0 Å². The zero-order valence-electron chi connectivity index (χ0n) is 8.38. The standard InChI is InChI=1S/C10H13ClN4/c11-4-7-12-13-14-15(7)10-8-5-1-2-6(3-5)9(8)10/h5-6,8-10H,1-4H2. The quantitative estimate of drug-likeness (QED) is 0.718. The molecule has 4 atom stereocenters. The molecule has 0 saturated heterocycles. The maximum Gasteiger partial charge on any atom is 0.166 e.